The molecule has 0 saturated carbocycles. The molecule has 0 aliphatic carbocycles. The number of hydrogen-bond acceptors (Lipinski definition) is 5. The highest BCUT2D eigenvalue weighted by molar-refractivity contribution is 5.97. The summed E-state index contributed by atoms with van der Waals surface area (Å²) in [5, 5.41) is 14.9. The van der Waals surface area contributed by atoms with Gasteiger partial charge in [-0.2, -0.15) is 18.3 Å². The van der Waals surface area contributed by atoms with E-state index in [1.165, 1.54) is 0 Å². The fourth-order valence-electron chi connectivity index (χ4n) is 3.18. The quantitative estimate of drug-likeness (QED) is 0.618. The summed E-state index contributed by atoms with van der Waals surface area (Å²) in [5.41, 5.74) is 2.20. The Labute approximate surface area is 179 Å². The van der Waals surface area contributed by atoms with Crippen LogP contribution in [0.15, 0.2) is 48.8 Å². The van der Waals surface area contributed by atoms with Crippen LogP contribution < -0.4 is 5.32 Å². The van der Waals surface area contributed by atoms with Crippen molar-refractivity contribution in [2.45, 2.75) is 18.8 Å². The van der Waals surface area contributed by atoms with E-state index in [9.17, 15) is 22.8 Å². The van der Waals surface area contributed by atoms with E-state index in [2.05, 4.69) is 15.4 Å². The summed E-state index contributed by atoms with van der Waals surface area (Å²) >= 11 is 0. The number of carbonyl (C=O) groups is 3. The van der Waals surface area contributed by atoms with Crippen molar-refractivity contribution in [2.24, 2.45) is 0 Å². The Morgan fingerprint density at radius 3 is 2.53 bits per heavy atom. The van der Waals surface area contributed by atoms with Gasteiger partial charge in [-0.3, -0.25) is 19.3 Å². The molecule has 1 unspecified atom stereocenters. The number of aromatic nitrogens is 3. The number of para-hydroxylation sites is 1. The smallest absolute Gasteiger partial charge is 0.475 e. The number of fused-ring (bicyclic) bond motifs is 2. The van der Waals surface area contributed by atoms with Crippen LogP contribution in [0.2, 0.25) is 0 Å². The first-order valence-electron chi connectivity index (χ1n) is 9.30. The van der Waals surface area contributed by atoms with Crippen molar-refractivity contribution < 1.29 is 32.7 Å². The minimum absolute atomic E-state index is 0.139. The number of halogens is 3. The molecule has 0 saturated heterocycles. The van der Waals surface area contributed by atoms with Gasteiger partial charge in [0.25, 0.3) is 5.91 Å². The molecule has 0 fully saturated rings. The van der Waals surface area contributed by atoms with Gasteiger partial charge >= 0.3 is 12.1 Å². The summed E-state index contributed by atoms with van der Waals surface area (Å²) in [5.74, 6) is -3.06. The number of aliphatic carboxylic acids is 1. The molecule has 12 heteroatoms. The Morgan fingerprint density at radius 2 is 1.88 bits per heavy atom. The Kier molecular flexibility index (Phi) is 6.42. The number of carbonyl (C=O) groups excluding carboxylic acids is 2. The Balaban J connectivity index is 0.000000360. The van der Waals surface area contributed by atoms with E-state index in [-0.39, 0.29) is 18.4 Å². The average Bonchev–Trinajstić information content (AvgIpc) is 3.25. The van der Waals surface area contributed by atoms with Crippen LogP contribution >= 0.6 is 0 Å². The van der Waals surface area contributed by atoms with Gasteiger partial charge in [-0.15, -0.1) is 0 Å². The molecule has 1 aromatic carbocycles. The minimum atomic E-state index is -5.08. The first-order valence-corrected chi connectivity index (χ1v) is 9.30. The maximum Gasteiger partial charge on any atom is 0.490 e. The second-order valence-corrected chi connectivity index (χ2v) is 6.80. The second kappa shape index (κ2) is 9.04. The third-order valence-corrected chi connectivity index (χ3v) is 4.71. The lowest BCUT2D eigenvalue weighted by Crippen LogP contribution is -2.46. The zero-order chi connectivity index (χ0) is 23.5. The fourth-order valence-corrected chi connectivity index (χ4v) is 3.18. The molecule has 2 aromatic heterocycles. The van der Waals surface area contributed by atoms with Crippen molar-refractivity contribution in [1.29, 1.82) is 0 Å². The third-order valence-electron chi connectivity index (χ3n) is 4.71. The standard InChI is InChI=1S/C18H17N5O2.C2HF3O2/c1-19-17(24)16-11-22(10-14-6-7-21-23(14)16)18(25)13-8-12-4-2-3-5-15(12)20-9-13;3-2(4,5)1(6)7/h2-9,16H,10-11H2,1H3,(H,19,24);(H,6,7). The number of carboxylic acids is 1. The van der Waals surface area contributed by atoms with E-state index in [0.717, 1.165) is 16.6 Å². The summed E-state index contributed by atoms with van der Waals surface area (Å²) in [6.07, 6.45) is -1.84. The topological polar surface area (TPSA) is 117 Å². The van der Waals surface area contributed by atoms with Crippen molar-refractivity contribution in [1.82, 2.24) is 25.0 Å². The summed E-state index contributed by atoms with van der Waals surface area (Å²) in [6.45, 7) is 0.694. The van der Waals surface area contributed by atoms with Gasteiger partial charge in [-0.1, -0.05) is 18.2 Å². The predicted molar refractivity (Wildman–Crippen MR) is 106 cm³/mol. The number of nitrogens with one attached hydrogen (secondary N) is 1. The lowest BCUT2D eigenvalue weighted by atomic mass is 10.1. The number of likely N-dealkylation sites (N-methyl/N-ethyl adjacent to an activating group) is 1. The summed E-state index contributed by atoms with van der Waals surface area (Å²) in [4.78, 5) is 40.1. The largest absolute Gasteiger partial charge is 0.490 e. The van der Waals surface area contributed by atoms with Crippen molar-refractivity contribution >= 4 is 28.7 Å². The third kappa shape index (κ3) is 4.85. The number of nitrogens with zero attached hydrogens (tertiary/aromatic N) is 4. The van der Waals surface area contributed by atoms with Gasteiger partial charge in [0.05, 0.1) is 29.9 Å². The van der Waals surface area contributed by atoms with Crippen LogP contribution in [0.4, 0.5) is 13.2 Å². The first-order chi connectivity index (χ1) is 15.1. The van der Waals surface area contributed by atoms with Crippen LogP contribution in [0, 0.1) is 0 Å². The SMILES string of the molecule is CNC(=O)C1CN(C(=O)c2cnc3ccccc3c2)Cc2ccnn21.O=C(O)C(F)(F)F. The maximum absolute atomic E-state index is 13.0. The number of carboxylic acid groups (broad SMARTS) is 1. The van der Waals surface area contributed by atoms with E-state index in [1.54, 1.807) is 29.0 Å². The van der Waals surface area contributed by atoms with Gasteiger partial charge < -0.3 is 15.3 Å². The van der Waals surface area contributed by atoms with Gasteiger partial charge in [0.2, 0.25) is 5.91 Å². The van der Waals surface area contributed by atoms with Crippen LogP contribution in [0.25, 0.3) is 10.9 Å². The van der Waals surface area contributed by atoms with Crippen LogP contribution in [0.3, 0.4) is 0 Å². The Bertz CT molecular complexity index is 1160. The van der Waals surface area contributed by atoms with Crippen molar-refractivity contribution in [3.8, 4) is 0 Å². The van der Waals surface area contributed by atoms with Gasteiger partial charge in [-0.25, -0.2) is 4.79 Å². The molecule has 2 amide bonds. The molecule has 9 nitrogen and oxygen atoms in total. The van der Waals surface area contributed by atoms with Gasteiger partial charge in [0, 0.05) is 24.8 Å². The molecule has 1 atom stereocenters. The summed E-state index contributed by atoms with van der Waals surface area (Å²) in [7, 11) is 1.58. The average molecular weight is 449 g/mol. The van der Waals surface area contributed by atoms with E-state index < -0.39 is 18.2 Å². The molecular weight excluding hydrogens is 431 g/mol. The molecule has 32 heavy (non-hydrogen) atoms. The lowest BCUT2D eigenvalue weighted by molar-refractivity contribution is -0.192. The highest BCUT2D eigenvalue weighted by Crippen LogP contribution is 2.23. The number of amides is 2. The van der Waals surface area contributed by atoms with Gasteiger partial charge in [-0.05, 0) is 18.2 Å². The number of pyridine rings is 1. The number of alkyl halides is 3. The number of benzene rings is 1. The number of rotatable bonds is 2. The molecule has 1 aliphatic rings. The minimum Gasteiger partial charge on any atom is -0.475 e. The van der Waals surface area contributed by atoms with E-state index >= 15 is 0 Å². The molecule has 4 rings (SSSR count). The summed E-state index contributed by atoms with van der Waals surface area (Å²) in [6, 6.07) is 10.8. The van der Waals surface area contributed by atoms with Gasteiger partial charge in [0.15, 0.2) is 0 Å². The van der Waals surface area contributed by atoms with Gasteiger partial charge in [0.1, 0.15) is 6.04 Å². The fraction of sp³-hybridized carbons (Fsp3) is 0.250. The maximum atomic E-state index is 13.0. The zero-order valence-electron chi connectivity index (χ0n) is 16.7. The van der Waals surface area contributed by atoms with Crippen molar-refractivity contribution in [2.75, 3.05) is 13.6 Å². The Morgan fingerprint density at radius 1 is 1.19 bits per heavy atom. The van der Waals surface area contributed by atoms with Crippen molar-refractivity contribution in [3.05, 3.63) is 60.0 Å². The molecule has 168 valence electrons. The molecule has 2 N–H and O–H groups in total. The zero-order valence-corrected chi connectivity index (χ0v) is 16.7. The van der Waals surface area contributed by atoms with E-state index in [0.29, 0.717) is 12.1 Å². The predicted octanol–water partition coefficient (Wildman–Crippen LogP) is 2.01. The monoisotopic (exact) mass is 449 g/mol. The van der Waals surface area contributed by atoms with Crippen LogP contribution in [-0.4, -0.2) is 62.3 Å². The molecule has 0 bridgehead atoms. The lowest BCUT2D eigenvalue weighted by Gasteiger charge is -2.33. The normalized spacial score (nSPS) is 15.4. The summed E-state index contributed by atoms with van der Waals surface area (Å²) < 4.78 is 33.4. The number of hydrogen-bond donors (Lipinski definition) is 2. The highest BCUT2D eigenvalue weighted by Gasteiger charge is 2.38. The molecule has 0 spiro atoms. The molecule has 0 radical (unpaired) electrons. The van der Waals surface area contributed by atoms with Crippen LogP contribution in [0.1, 0.15) is 22.1 Å². The molecule has 3 aromatic rings. The van der Waals surface area contributed by atoms with Crippen molar-refractivity contribution in [3.63, 3.8) is 0 Å². The van der Waals surface area contributed by atoms with Crippen LogP contribution in [0.5, 0.6) is 0 Å². The highest BCUT2D eigenvalue weighted by atomic mass is 19.4. The Hall–Kier alpha value is -3.96. The molecule has 1 aliphatic heterocycles. The molecule has 3 heterocycles. The molecular formula is C20H18F3N5O4. The van der Waals surface area contributed by atoms with E-state index in [4.69, 9.17) is 9.90 Å². The van der Waals surface area contributed by atoms with E-state index in [1.807, 2.05) is 36.4 Å². The van der Waals surface area contributed by atoms with Crippen LogP contribution in [-0.2, 0) is 16.1 Å². The second-order valence-electron chi connectivity index (χ2n) is 6.80. The first kappa shape index (κ1) is 22.7.